The highest BCUT2D eigenvalue weighted by Gasteiger charge is 2.24. The molecular weight excluding hydrogens is 371 g/mol. The van der Waals surface area contributed by atoms with Gasteiger partial charge in [0.05, 0.1) is 16.7 Å². The molecule has 1 amide bonds. The van der Waals surface area contributed by atoms with Crippen molar-refractivity contribution >= 4 is 27.7 Å². The van der Waals surface area contributed by atoms with E-state index in [1.165, 1.54) is 14.1 Å². The van der Waals surface area contributed by atoms with Crippen LogP contribution in [0.5, 0.6) is 5.75 Å². The molecule has 1 aromatic rings. The number of rotatable bonds is 5. The van der Waals surface area contributed by atoms with E-state index in [9.17, 15) is 17.6 Å². The molecule has 1 fully saturated rings. The molecule has 140 valence electrons. The van der Waals surface area contributed by atoms with E-state index < -0.39 is 27.5 Å². The lowest BCUT2D eigenvalue weighted by Crippen LogP contribution is -2.39. The number of carbonyl (C=O) groups is 1. The Bertz CT molecular complexity index is 747. The van der Waals surface area contributed by atoms with E-state index in [0.717, 1.165) is 42.1 Å². The fraction of sp³-hybridized carbons (Fsp3) is 0.562. The Hall–Kier alpha value is -1.38. The van der Waals surface area contributed by atoms with Crippen LogP contribution in [0.3, 0.4) is 0 Å². The van der Waals surface area contributed by atoms with Gasteiger partial charge in [-0.05, 0) is 37.7 Å². The molecule has 0 radical (unpaired) electrons. The van der Waals surface area contributed by atoms with Gasteiger partial charge in [0.25, 0.3) is 5.91 Å². The smallest absolute Gasteiger partial charge is 0.303 e. The van der Waals surface area contributed by atoms with Crippen LogP contribution in [0.25, 0.3) is 0 Å². The fourth-order valence-corrected chi connectivity index (χ4v) is 3.32. The van der Waals surface area contributed by atoms with Crippen LogP contribution in [-0.4, -0.2) is 38.8 Å². The number of nitrogens with zero attached hydrogens (tertiary/aromatic N) is 1. The summed E-state index contributed by atoms with van der Waals surface area (Å²) < 4.78 is 46.0. The van der Waals surface area contributed by atoms with Crippen molar-refractivity contribution in [1.29, 1.82) is 0 Å². The summed E-state index contributed by atoms with van der Waals surface area (Å²) in [6.45, 7) is 2.18. The Morgan fingerprint density at radius 3 is 2.44 bits per heavy atom. The SMILES string of the molecule is CC1CCC(Oc2cc(F)c(C(=O)NS(=O)(=O)N(C)C)cc2Cl)CC1. The van der Waals surface area contributed by atoms with Gasteiger partial charge in [-0.1, -0.05) is 18.5 Å². The van der Waals surface area contributed by atoms with Gasteiger partial charge in [0.1, 0.15) is 11.6 Å². The summed E-state index contributed by atoms with van der Waals surface area (Å²) in [5, 5.41) is 0.0624. The topological polar surface area (TPSA) is 75.7 Å². The van der Waals surface area contributed by atoms with E-state index in [0.29, 0.717) is 5.92 Å². The van der Waals surface area contributed by atoms with Gasteiger partial charge in [0.2, 0.25) is 0 Å². The Morgan fingerprint density at radius 1 is 1.28 bits per heavy atom. The highest BCUT2D eigenvalue weighted by molar-refractivity contribution is 7.87. The molecule has 6 nitrogen and oxygen atoms in total. The third kappa shape index (κ3) is 5.05. The summed E-state index contributed by atoms with van der Waals surface area (Å²) in [6, 6.07) is 2.11. The number of nitrogens with one attached hydrogen (secondary N) is 1. The Balaban J connectivity index is 2.15. The van der Waals surface area contributed by atoms with E-state index in [1.807, 2.05) is 0 Å². The molecule has 0 heterocycles. The lowest BCUT2D eigenvalue weighted by molar-refractivity contribution is 0.0975. The zero-order valence-corrected chi connectivity index (χ0v) is 16.0. The third-order valence-electron chi connectivity index (χ3n) is 4.23. The van der Waals surface area contributed by atoms with Gasteiger partial charge < -0.3 is 4.74 Å². The molecule has 0 aromatic heterocycles. The number of carbonyl (C=O) groups excluding carboxylic acids is 1. The average Bonchev–Trinajstić information content (AvgIpc) is 2.52. The summed E-state index contributed by atoms with van der Waals surface area (Å²) in [7, 11) is -1.52. The van der Waals surface area contributed by atoms with Crippen molar-refractivity contribution in [3.05, 3.63) is 28.5 Å². The van der Waals surface area contributed by atoms with Crippen molar-refractivity contribution in [2.24, 2.45) is 5.92 Å². The summed E-state index contributed by atoms with van der Waals surface area (Å²) >= 11 is 6.10. The van der Waals surface area contributed by atoms with Gasteiger partial charge in [-0.25, -0.2) is 9.11 Å². The predicted octanol–water partition coefficient (Wildman–Crippen LogP) is 2.97. The first-order valence-electron chi connectivity index (χ1n) is 8.00. The third-order valence-corrected chi connectivity index (χ3v) is 5.93. The first-order valence-corrected chi connectivity index (χ1v) is 9.82. The molecule has 1 aliphatic rings. The van der Waals surface area contributed by atoms with E-state index >= 15 is 0 Å². The van der Waals surface area contributed by atoms with Crippen LogP contribution in [0, 0.1) is 11.7 Å². The van der Waals surface area contributed by atoms with Crippen LogP contribution >= 0.6 is 11.6 Å². The molecule has 0 atom stereocenters. The van der Waals surface area contributed by atoms with Gasteiger partial charge in [-0.3, -0.25) is 4.79 Å². The molecule has 9 heteroatoms. The molecule has 0 unspecified atom stereocenters. The fourth-order valence-electron chi connectivity index (χ4n) is 2.58. The Morgan fingerprint density at radius 2 is 1.88 bits per heavy atom. The lowest BCUT2D eigenvalue weighted by Gasteiger charge is -2.27. The van der Waals surface area contributed by atoms with Crippen molar-refractivity contribution in [3.8, 4) is 5.75 Å². The zero-order valence-electron chi connectivity index (χ0n) is 14.4. The molecule has 0 aliphatic heterocycles. The zero-order chi connectivity index (χ0) is 18.8. The van der Waals surface area contributed by atoms with Gasteiger partial charge in [0, 0.05) is 20.2 Å². The minimum atomic E-state index is -4.02. The van der Waals surface area contributed by atoms with Crippen LogP contribution in [0.2, 0.25) is 5.02 Å². The van der Waals surface area contributed by atoms with Crippen molar-refractivity contribution in [2.75, 3.05) is 14.1 Å². The Kier molecular flexibility index (Phi) is 6.29. The van der Waals surface area contributed by atoms with Crippen molar-refractivity contribution in [3.63, 3.8) is 0 Å². The van der Waals surface area contributed by atoms with Crippen LogP contribution in [0.15, 0.2) is 12.1 Å². The maximum absolute atomic E-state index is 14.3. The van der Waals surface area contributed by atoms with Crippen LogP contribution < -0.4 is 9.46 Å². The van der Waals surface area contributed by atoms with Gasteiger partial charge in [-0.15, -0.1) is 0 Å². The second-order valence-electron chi connectivity index (χ2n) is 6.48. The number of amides is 1. The molecule has 1 aliphatic carbocycles. The first-order chi connectivity index (χ1) is 11.6. The predicted molar refractivity (Wildman–Crippen MR) is 93.5 cm³/mol. The maximum Gasteiger partial charge on any atom is 0.303 e. The summed E-state index contributed by atoms with van der Waals surface area (Å²) in [5.74, 6) is -1.18. The average molecular weight is 393 g/mol. The van der Waals surface area contributed by atoms with Crippen molar-refractivity contribution in [1.82, 2.24) is 9.03 Å². The molecule has 0 spiro atoms. The minimum Gasteiger partial charge on any atom is -0.489 e. The normalized spacial score (nSPS) is 21.2. The van der Waals surface area contributed by atoms with Gasteiger partial charge in [0.15, 0.2) is 0 Å². The molecule has 0 saturated heterocycles. The number of hydrogen-bond donors (Lipinski definition) is 1. The van der Waals surface area contributed by atoms with E-state index in [-0.39, 0.29) is 16.9 Å². The van der Waals surface area contributed by atoms with Crippen molar-refractivity contribution < 1.29 is 22.3 Å². The standard InChI is InChI=1S/C16H22ClFN2O4S/c1-10-4-6-11(7-5-10)24-15-9-14(18)12(8-13(15)17)16(21)19-25(22,23)20(2)3/h8-11H,4-7H2,1-3H3,(H,19,21). The summed E-state index contributed by atoms with van der Waals surface area (Å²) in [5.41, 5.74) is -0.458. The van der Waals surface area contributed by atoms with Crippen LogP contribution in [-0.2, 0) is 10.2 Å². The number of ether oxygens (including phenoxy) is 1. The molecule has 25 heavy (non-hydrogen) atoms. The summed E-state index contributed by atoms with van der Waals surface area (Å²) in [4.78, 5) is 12.0. The highest BCUT2D eigenvalue weighted by atomic mass is 35.5. The molecule has 2 rings (SSSR count). The van der Waals surface area contributed by atoms with Gasteiger partial charge >= 0.3 is 10.2 Å². The van der Waals surface area contributed by atoms with Crippen molar-refractivity contribution in [2.45, 2.75) is 38.7 Å². The second kappa shape index (κ2) is 7.88. The van der Waals surface area contributed by atoms with E-state index in [4.69, 9.17) is 16.3 Å². The van der Waals surface area contributed by atoms with E-state index in [1.54, 1.807) is 4.72 Å². The van der Waals surface area contributed by atoms with Crippen LogP contribution in [0.4, 0.5) is 4.39 Å². The minimum absolute atomic E-state index is 0.0399. The maximum atomic E-state index is 14.3. The summed E-state index contributed by atoms with van der Waals surface area (Å²) in [6.07, 6.45) is 3.76. The largest absolute Gasteiger partial charge is 0.489 e. The lowest BCUT2D eigenvalue weighted by atomic mass is 9.89. The molecule has 1 N–H and O–H groups in total. The molecule has 1 aromatic carbocycles. The number of halogens is 2. The monoisotopic (exact) mass is 392 g/mol. The number of hydrogen-bond acceptors (Lipinski definition) is 4. The van der Waals surface area contributed by atoms with Crippen LogP contribution in [0.1, 0.15) is 43.0 Å². The first kappa shape index (κ1) is 19.9. The second-order valence-corrected chi connectivity index (χ2v) is 8.77. The Labute approximate surface area is 152 Å². The molecular formula is C16H22ClFN2O4S. The van der Waals surface area contributed by atoms with Gasteiger partial charge in [-0.2, -0.15) is 12.7 Å². The van der Waals surface area contributed by atoms with E-state index in [2.05, 4.69) is 6.92 Å². The number of benzene rings is 1. The molecule has 0 bridgehead atoms. The molecule has 1 saturated carbocycles. The highest BCUT2D eigenvalue weighted by Crippen LogP contribution is 2.32. The quantitative estimate of drug-likeness (QED) is 0.835.